The minimum atomic E-state index is 0.00276. The van der Waals surface area contributed by atoms with Crippen LogP contribution in [0.15, 0.2) is 46.6 Å². The van der Waals surface area contributed by atoms with E-state index in [1.807, 2.05) is 32.3 Å². The number of benzene rings is 2. The fraction of sp³-hybridized carbons (Fsp3) is 0.294. The molecule has 0 saturated carbocycles. The van der Waals surface area contributed by atoms with E-state index in [-0.39, 0.29) is 6.04 Å². The maximum absolute atomic E-state index is 6.15. The monoisotopic (exact) mass is 331 g/mol. The molecular weight excluding hydrogens is 310 g/mol. The number of rotatable bonds is 7. The van der Waals surface area contributed by atoms with Crippen molar-refractivity contribution in [3.63, 3.8) is 0 Å². The number of hydrogen-bond acceptors (Lipinski definition) is 4. The van der Waals surface area contributed by atoms with Gasteiger partial charge in [-0.2, -0.15) is 5.10 Å². The molecule has 0 radical (unpaired) electrons. The van der Waals surface area contributed by atoms with Crippen molar-refractivity contribution in [2.75, 3.05) is 20.6 Å². The molecule has 6 heteroatoms. The molecule has 0 bridgehead atoms. The molecule has 2 aromatic carbocycles. The molecule has 2 N–H and O–H groups in total. The summed E-state index contributed by atoms with van der Waals surface area (Å²) in [7, 11) is 4.08. The van der Waals surface area contributed by atoms with Gasteiger partial charge in [-0.1, -0.05) is 29.8 Å². The van der Waals surface area contributed by atoms with Crippen LogP contribution in [0.25, 0.3) is 10.8 Å². The molecule has 23 heavy (non-hydrogen) atoms. The number of hydrogen-bond donors (Lipinski definition) is 1. The van der Waals surface area contributed by atoms with E-state index >= 15 is 0 Å². The fourth-order valence-electron chi connectivity index (χ4n) is 2.49. The highest BCUT2D eigenvalue weighted by atomic mass is 35.5. The summed E-state index contributed by atoms with van der Waals surface area (Å²) in [6, 6.07) is 12.2. The van der Waals surface area contributed by atoms with Gasteiger partial charge in [0.15, 0.2) is 0 Å². The van der Waals surface area contributed by atoms with Crippen LogP contribution in [-0.4, -0.2) is 43.6 Å². The quantitative estimate of drug-likeness (QED) is 0.366. The Balaban J connectivity index is 2.34. The maximum Gasteiger partial charge on any atom is 0.128 e. The van der Waals surface area contributed by atoms with Crippen molar-refractivity contribution in [2.24, 2.45) is 16.0 Å². The van der Waals surface area contributed by atoms with Crippen molar-refractivity contribution >= 4 is 35.4 Å². The van der Waals surface area contributed by atoms with Crippen molar-refractivity contribution in [3.8, 4) is 0 Å². The molecule has 0 amide bonds. The predicted molar refractivity (Wildman–Crippen MR) is 98.9 cm³/mol. The van der Waals surface area contributed by atoms with E-state index in [0.717, 1.165) is 34.3 Å². The van der Waals surface area contributed by atoms with Crippen molar-refractivity contribution in [1.82, 2.24) is 9.91 Å². The van der Waals surface area contributed by atoms with Crippen molar-refractivity contribution in [1.29, 1.82) is 0 Å². The standard InChI is InChI=1S/C17H22ClN5/c1-20-21-12-23(19)17(8-9-22(2)3)15-5-4-14-11-16(18)7-6-13(14)10-15/h4-7,10-12,17H,1,8-9,19H2,2-3H3/b21-12-. The fourth-order valence-corrected chi connectivity index (χ4v) is 2.67. The Morgan fingerprint density at radius 2 is 1.91 bits per heavy atom. The number of fused-ring (bicyclic) bond motifs is 1. The highest BCUT2D eigenvalue weighted by Crippen LogP contribution is 2.27. The van der Waals surface area contributed by atoms with Crippen LogP contribution < -0.4 is 5.84 Å². The van der Waals surface area contributed by atoms with E-state index in [4.69, 9.17) is 17.4 Å². The normalized spacial score (nSPS) is 12.9. The third kappa shape index (κ3) is 4.76. The lowest BCUT2D eigenvalue weighted by Gasteiger charge is -2.27. The summed E-state index contributed by atoms with van der Waals surface area (Å²) in [6.45, 7) is 4.25. The second kappa shape index (κ2) is 8.06. The molecule has 0 spiro atoms. The molecule has 1 unspecified atom stereocenters. The smallest absolute Gasteiger partial charge is 0.128 e. The van der Waals surface area contributed by atoms with Gasteiger partial charge in [-0.3, -0.25) is 5.01 Å². The van der Waals surface area contributed by atoms with E-state index < -0.39 is 0 Å². The Morgan fingerprint density at radius 1 is 1.22 bits per heavy atom. The van der Waals surface area contributed by atoms with Gasteiger partial charge in [0.2, 0.25) is 0 Å². The second-order valence-corrected chi connectivity index (χ2v) is 6.11. The molecule has 2 aromatic rings. The molecule has 0 aliphatic carbocycles. The molecule has 0 aliphatic heterocycles. The van der Waals surface area contributed by atoms with Crippen LogP contribution in [0.2, 0.25) is 5.02 Å². The number of halogens is 1. The Kier molecular flexibility index (Phi) is 6.10. The minimum absolute atomic E-state index is 0.00276. The van der Waals surface area contributed by atoms with Gasteiger partial charge in [0.1, 0.15) is 6.34 Å². The molecular formula is C17H22ClN5. The lowest BCUT2D eigenvalue weighted by molar-refractivity contribution is 0.279. The average Bonchev–Trinajstić information content (AvgIpc) is 2.52. The van der Waals surface area contributed by atoms with E-state index in [2.05, 4.69) is 40.0 Å². The Bertz CT molecular complexity index is 698. The van der Waals surface area contributed by atoms with Crippen LogP contribution in [0.4, 0.5) is 0 Å². The zero-order chi connectivity index (χ0) is 16.8. The lowest BCUT2D eigenvalue weighted by Crippen LogP contribution is -2.35. The summed E-state index contributed by atoms with van der Waals surface area (Å²) < 4.78 is 0. The van der Waals surface area contributed by atoms with E-state index in [1.54, 1.807) is 5.01 Å². The zero-order valence-electron chi connectivity index (χ0n) is 13.5. The minimum Gasteiger partial charge on any atom is -0.309 e. The molecule has 122 valence electrons. The highest BCUT2D eigenvalue weighted by Gasteiger charge is 2.16. The summed E-state index contributed by atoms with van der Waals surface area (Å²) in [4.78, 5) is 2.13. The van der Waals surface area contributed by atoms with Gasteiger partial charge in [-0.15, -0.1) is 5.10 Å². The third-order valence-electron chi connectivity index (χ3n) is 3.69. The van der Waals surface area contributed by atoms with Crippen molar-refractivity contribution in [3.05, 3.63) is 47.0 Å². The van der Waals surface area contributed by atoms with E-state index in [1.165, 1.54) is 6.34 Å². The van der Waals surface area contributed by atoms with E-state index in [0.29, 0.717) is 0 Å². The van der Waals surface area contributed by atoms with Crippen molar-refractivity contribution < 1.29 is 0 Å². The predicted octanol–water partition coefficient (Wildman–Crippen LogP) is 3.31. The summed E-state index contributed by atoms with van der Waals surface area (Å²) in [5, 5.41) is 11.8. The summed E-state index contributed by atoms with van der Waals surface area (Å²) >= 11 is 6.05. The van der Waals surface area contributed by atoms with E-state index in [9.17, 15) is 0 Å². The molecule has 0 aliphatic rings. The molecule has 2 rings (SSSR count). The number of nitrogens with two attached hydrogens (primary N) is 1. The van der Waals surface area contributed by atoms with Crippen LogP contribution in [0.1, 0.15) is 18.0 Å². The van der Waals surface area contributed by atoms with Crippen LogP contribution >= 0.6 is 11.6 Å². The third-order valence-corrected chi connectivity index (χ3v) is 3.92. The highest BCUT2D eigenvalue weighted by molar-refractivity contribution is 6.31. The first kappa shape index (κ1) is 17.4. The van der Waals surface area contributed by atoms with Crippen LogP contribution in [-0.2, 0) is 0 Å². The molecule has 1 atom stereocenters. The maximum atomic E-state index is 6.15. The van der Waals surface area contributed by atoms with Gasteiger partial charge in [0.25, 0.3) is 0 Å². The average molecular weight is 332 g/mol. The van der Waals surface area contributed by atoms with Crippen LogP contribution in [0, 0.1) is 0 Å². The molecule has 5 nitrogen and oxygen atoms in total. The Morgan fingerprint density at radius 3 is 2.61 bits per heavy atom. The number of hydrazine groups is 1. The van der Waals surface area contributed by atoms with Crippen molar-refractivity contribution in [2.45, 2.75) is 12.5 Å². The summed E-state index contributed by atoms with van der Waals surface area (Å²) in [5.74, 6) is 6.15. The second-order valence-electron chi connectivity index (χ2n) is 5.68. The van der Waals surface area contributed by atoms with Gasteiger partial charge in [0, 0.05) is 11.7 Å². The van der Waals surface area contributed by atoms with Gasteiger partial charge in [0.05, 0.1) is 6.04 Å². The van der Waals surface area contributed by atoms with Crippen LogP contribution in [0.3, 0.4) is 0 Å². The van der Waals surface area contributed by atoms with Gasteiger partial charge < -0.3 is 4.90 Å². The zero-order valence-corrected chi connectivity index (χ0v) is 14.2. The molecule has 0 fully saturated rings. The molecule has 0 saturated heterocycles. The first-order valence-electron chi connectivity index (χ1n) is 7.37. The number of nitrogens with zero attached hydrogens (tertiary/aromatic N) is 4. The van der Waals surface area contributed by atoms with Gasteiger partial charge >= 0.3 is 0 Å². The first-order valence-corrected chi connectivity index (χ1v) is 7.75. The lowest BCUT2D eigenvalue weighted by atomic mass is 9.99. The Labute approximate surface area is 142 Å². The topological polar surface area (TPSA) is 57.2 Å². The summed E-state index contributed by atoms with van der Waals surface area (Å²) in [5.41, 5.74) is 1.12. The Hall–Kier alpha value is -1.95. The first-order chi connectivity index (χ1) is 11.0. The SMILES string of the molecule is C=N/N=C\N(N)C(CCN(C)C)c1ccc2cc(Cl)ccc2c1. The van der Waals surface area contributed by atoms with Gasteiger partial charge in [-0.05, 0) is 61.6 Å². The summed E-state index contributed by atoms with van der Waals surface area (Å²) in [6.07, 6.45) is 2.37. The molecule has 0 heterocycles. The largest absolute Gasteiger partial charge is 0.309 e. The van der Waals surface area contributed by atoms with Crippen LogP contribution in [0.5, 0.6) is 0 Å². The van der Waals surface area contributed by atoms with Gasteiger partial charge in [-0.25, -0.2) is 5.84 Å². The molecule has 0 aromatic heterocycles.